The van der Waals surface area contributed by atoms with Crippen molar-refractivity contribution in [3.05, 3.63) is 0 Å². The summed E-state index contributed by atoms with van der Waals surface area (Å²) in [5, 5.41) is 3.73. The molecule has 2 aliphatic rings. The molecular weight excluding hydrogens is 160 g/mol. The molecule has 0 spiro atoms. The van der Waals surface area contributed by atoms with Gasteiger partial charge in [-0.1, -0.05) is 6.42 Å². The number of nitrogens with two attached hydrogens (primary N) is 1. The van der Waals surface area contributed by atoms with Crippen molar-refractivity contribution in [1.82, 2.24) is 5.32 Å². The molecule has 3 unspecified atom stereocenters. The second-order valence-electron chi connectivity index (χ2n) is 4.92. The number of rotatable bonds is 3. The third kappa shape index (κ3) is 2.68. The molecule has 0 aromatic carbocycles. The van der Waals surface area contributed by atoms with Crippen LogP contribution in [0.3, 0.4) is 0 Å². The fraction of sp³-hybridized carbons (Fsp3) is 1.00. The molecule has 2 heteroatoms. The molecule has 0 aromatic heterocycles. The zero-order valence-electron chi connectivity index (χ0n) is 8.63. The lowest BCUT2D eigenvalue weighted by atomic mass is 9.91. The first kappa shape index (κ1) is 9.47. The van der Waals surface area contributed by atoms with E-state index in [-0.39, 0.29) is 0 Å². The molecule has 2 aliphatic carbocycles. The molecule has 2 saturated carbocycles. The number of nitrogens with one attached hydrogen (secondary N) is 1. The lowest BCUT2D eigenvalue weighted by molar-refractivity contribution is 0.306. The largest absolute Gasteiger partial charge is 0.328 e. The summed E-state index contributed by atoms with van der Waals surface area (Å²) in [4.78, 5) is 0. The molecule has 0 amide bonds. The molecule has 2 rings (SSSR count). The van der Waals surface area contributed by atoms with Gasteiger partial charge in [0.05, 0.1) is 0 Å². The van der Waals surface area contributed by atoms with Gasteiger partial charge in [0.1, 0.15) is 0 Å². The van der Waals surface area contributed by atoms with E-state index in [1.165, 1.54) is 38.5 Å². The predicted octanol–water partition coefficient (Wildman–Crippen LogP) is 1.64. The van der Waals surface area contributed by atoms with Crippen LogP contribution in [0, 0.1) is 5.92 Å². The molecular formula is C11H22N2. The highest BCUT2D eigenvalue weighted by atomic mass is 15.0. The highest BCUT2D eigenvalue weighted by Gasteiger charge is 2.30. The Balaban J connectivity index is 1.73. The number of hydrogen-bond acceptors (Lipinski definition) is 2. The van der Waals surface area contributed by atoms with E-state index in [0.29, 0.717) is 12.1 Å². The van der Waals surface area contributed by atoms with E-state index in [2.05, 4.69) is 12.2 Å². The Morgan fingerprint density at radius 2 is 2.00 bits per heavy atom. The minimum Gasteiger partial charge on any atom is -0.328 e. The van der Waals surface area contributed by atoms with Gasteiger partial charge in [-0.05, 0) is 44.9 Å². The predicted molar refractivity (Wildman–Crippen MR) is 55.6 cm³/mol. The van der Waals surface area contributed by atoms with E-state index in [1.54, 1.807) is 0 Å². The maximum atomic E-state index is 5.95. The van der Waals surface area contributed by atoms with Gasteiger partial charge in [0.25, 0.3) is 0 Å². The zero-order valence-corrected chi connectivity index (χ0v) is 8.63. The van der Waals surface area contributed by atoms with Gasteiger partial charge in [-0.3, -0.25) is 0 Å². The van der Waals surface area contributed by atoms with Crippen LogP contribution >= 0.6 is 0 Å². The summed E-state index contributed by atoms with van der Waals surface area (Å²) in [6.07, 6.45) is 7.95. The van der Waals surface area contributed by atoms with Gasteiger partial charge < -0.3 is 11.1 Å². The minimum absolute atomic E-state index is 0.456. The van der Waals surface area contributed by atoms with Crippen LogP contribution in [-0.2, 0) is 0 Å². The highest BCUT2D eigenvalue weighted by Crippen LogP contribution is 2.33. The van der Waals surface area contributed by atoms with Crippen molar-refractivity contribution in [2.45, 2.75) is 63.6 Å². The van der Waals surface area contributed by atoms with Crippen molar-refractivity contribution in [2.24, 2.45) is 11.7 Å². The fourth-order valence-corrected chi connectivity index (χ4v) is 2.48. The van der Waals surface area contributed by atoms with Crippen molar-refractivity contribution in [3.63, 3.8) is 0 Å². The smallest absolute Gasteiger partial charge is 0.00843 e. The molecule has 0 heterocycles. The summed E-state index contributed by atoms with van der Waals surface area (Å²) in [5.74, 6) is 0.971. The van der Waals surface area contributed by atoms with E-state index >= 15 is 0 Å². The second kappa shape index (κ2) is 3.97. The van der Waals surface area contributed by atoms with E-state index in [1.807, 2.05) is 0 Å². The van der Waals surface area contributed by atoms with Gasteiger partial charge in [0.15, 0.2) is 0 Å². The summed E-state index contributed by atoms with van der Waals surface area (Å²) in [6, 6.07) is 1.90. The molecule has 0 aromatic rings. The molecule has 3 atom stereocenters. The summed E-state index contributed by atoms with van der Waals surface area (Å²) in [6.45, 7) is 2.33. The Labute approximate surface area is 81.3 Å². The van der Waals surface area contributed by atoms with Crippen LogP contribution in [0.25, 0.3) is 0 Å². The van der Waals surface area contributed by atoms with Crippen LogP contribution < -0.4 is 11.1 Å². The lowest BCUT2D eigenvalue weighted by Crippen LogP contribution is -2.43. The second-order valence-corrected chi connectivity index (χ2v) is 4.92. The first-order valence-corrected chi connectivity index (χ1v) is 5.77. The van der Waals surface area contributed by atoms with Gasteiger partial charge >= 0.3 is 0 Å². The average molecular weight is 182 g/mol. The van der Waals surface area contributed by atoms with Gasteiger partial charge in [0.2, 0.25) is 0 Å². The van der Waals surface area contributed by atoms with E-state index in [4.69, 9.17) is 5.73 Å². The molecule has 13 heavy (non-hydrogen) atoms. The fourth-order valence-electron chi connectivity index (χ4n) is 2.48. The van der Waals surface area contributed by atoms with Crippen molar-refractivity contribution >= 4 is 0 Å². The maximum Gasteiger partial charge on any atom is 0.00843 e. The first-order chi connectivity index (χ1) is 6.25. The Bertz CT molecular complexity index is 165. The minimum atomic E-state index is 0.456. The van der Waals surface area contributed by atoms with E-state index in [9.17, 15) is 0 Å². The van der Waals surface area contributed by atoms with Crippen molar-refractivity contribution in [2.75, 3.05) is 0 Å². The van der Waals surface area contributed by atoms with E-state index in [0.717, 1.165) is 12.0 Å². The summed E-state index contributed by atoms with van der Waals surface area (Å²) in [5.41, 5.74) is 5.95. The molecule has 0 saturated heterocycles. The van der Waals surface area contributed by atoms with Crippen LogP contribution in [0.4, 0.5) is 0 Å². The Kier molecular flexibility index (Phi) is 2.89. The third-order valence-corrected chi connectivity index (χ3v) is 3.54. The Morgan fingerprint density at radius 3 is 2.62 bits per heavy atom. The normalized spacial score (nSPS) is 37.4. The van der Waals surface area contributed by atoms with Gasteiger partial charge in [-0.25, -0.2) is 0 Å². The highest BCUT2D eigenvalue weighted by molar-refractivity contribution is 4.88. The topological polar surface area (TPSA) is 38.0 Å². The average Bonchev–Trinajstić information content (AvgIpc) is 2.85. The summed E-state index contributed by atoms with van der Waals surface area (Å²) < 4.78 is 0. The van der Waals surface area contributed by atoms with Crippen LogP contribution in [-0.4, -0.2) is 18.1 Å². The molecule has 2 nitrogen and oxygen atoms in total. The maximum absolute atomic E-state index is 5.95. The molecule has 0 aliphatic heterocycles. The number of hydrogen-bond donors (Lipinski definition) is 2. The zero-order chi connectivity index (χ0) is 9.26. The third-order valence-electron chi connectivity index (χ3n) is 3.54. The van der Waals surface area contributed by atoms with Crippen molar-refractivity contribution in [1.29, 1.82) is 0 Å². The quantitative estimate of drug-likeness (QED) is 0.696. The summed E-state index contributed by atoms with van der Waals surface area (Å²) in [7, 11) is 0. The van der Waals surface area contributed by atoms with Crippen LogP contribution in [0.15, 0.2) is 0 Å². The van der Waals surface area contributed by atoms with Gasteiger partial charge in [-0.15, -0.1) is 0 Å². The van der Waals surface area contributed by atoms with Crippen molar-refractivity contribution in [3.8, 4) is 0 Å². The van der Waals surface area contributed by atoms with Crippen LogP contribution in [0.1, 0.15) is 45.4 Å². The molecule has 0 bridgehead atoms. The molecule has 0 radical (unpaired) electrons. The lowest BCUT2D eigenvalue weighted by Gasteiger charge is -2.30. The molecule has 3 N–H and O–H groups in total. The standard InChI is InChI=1S/C11H22N2/c1-8(9-5-6-9)13-11-4-2-3-10(12)7-11/h8-11,13H,2-7,12H2,1H3. The Morgan fingerprint density at radius 1 is 1.23 bits per heavy atom. The van der Waals surface area contributed by atoms with Crippen LogP contribution in [0.2, 0.25) is 0 Å². The van der Waals surface area contributed by atoms with Gasteiger partial charge in [-0.2, -0.15) is 0 Å². The van der Waals surface area contributed by atoms with E-state index < -0.39 is 0 Å². The molecule has 76 valence electrons. The Hall–Kier alpha value is -0.0800. The monoisotopic (exact) mass is 182 g/mol. The summed E-state index contributed by atoms with van der Waals surface area (Å²) >= 11 is 0. The van der Waals surface area contributed by atoms with Crippen LogP contribution in [0.5, 0.6) is 0 Å². The SMILES string of the molecule is CC(NC1CCCC(N)C1)C1CC1. The van der Waals surface area contributed by atoms with Crippen molar-refractivity contribution < 1.29 is 0 Å². The van der Waals surface area contributed by atoms with Gasteiger partial charge in [0, 0.05) is 18.1 Å². The first-order valence-electron chi connectivity index (χ1n) is 5.77. The molecule has 2 fully saturated rings.